The van der Waals surface area contributed by atoms with Gasteiger partial charge >= 0.3 is 0 Å². The van der Waals surface area contributed by atoms with Crippen molar-refractivity contribution in [3.8, 4) is 11.5 Å². The number of nitrogens with one attached hydrogen (secondary N) is 1. The van der Waals surface area contributed by atoms with Crippen molar-refractivity contribution in [2.75, 3.05) is 29.1 Å². The maximum absolute atomic E-state index is 12.3. The van der Waals surface area contributed by atoms with Crippen LogP contribution in [0.5, 0.6) is 0 Å². The minimum absolute atomic E-state index is 0.114. The normalized spacial score (nSPS) is 12.9. The van der Waals surface area contributed by atoms with Crippen LogP contribution in [-0.2, 0) is 11.2 Å². The maximum Gasteiger partial charge on any atom is 0.277 e. The number of rotatable bonds is 6. The van der Waals surface area contributed by atoms with Crippen LogP contribution in [0.15, 0.2) is 52.1 Å². The zero-order chi connectivity index (χ0) is 19.5. The van der Waals surface area contributed by atoms with Gasteiger partial charge in [0.2, 0.25) is 11.8 Å². The Kier molecular flexibility index (Phi) is 5.54. The van der Waals surface area contributed by atoms with Crippen LogP contribution in [0.4, 0.5) is 11.4 Å². The number of benzene rings is 2. The van der Waals surface area contributed by atoms with Crippen LogP contribution in [0.1, 0.15) is 12.5 Å². The van der Waals surface area contributed by atoms with E-state index in [-0.39, 0.29) is 11.7 Å². The molecule has 0 saturated heterocycles. The van der Waals surface area contributed by atoms with Crippen LogP contribution in [0.25, 0.3) is 11.5 Å². The van der Waals surface area contributed by atoms with Gasteiger partial charge in [0.15, 0.2) is 0 Å². The SMILES string of the molecule is CCN1CCc2ccc(NC(=O)CSc3nnc(-c4ccc(Cl)cc4)o3)cc21. The standard InChI is InChI=1S/C20H19ClN4O2S/c1-2-25-10-9-13-5-8-16(11-17(13)25)22-18(26)12-28-20-24-23-19(27-20)14-3-6-15(21)7-4-14/h3-8,11H,2,9-10,12H2,1H3,(H,22,26). The summed E-state index contributed by atoms with van der Waals surface area (Å²) in [6.07, 6.45) is 1.06. The topological polar surface area (TPSA) is 71.3 Å². The maximum atomic E-state index is 12.3. The summed E-state index contributed by atoms with van der Waals surface area (Å²) >= 11 is 7.09. The third-order valence-corrected chi connectivity index (χ3v) is 5.64. The van der Waals surface area contributed by atoms with E-state index in [4.69, 9.17) is 16.0 Å². The van der Waals surface area contributed by atoms with Crippen LogP contribution >= 0.6 is 23.4 Å². The van der Waals surface area contributed by atoms with E-state index in [1.807, 2.05) is 24.3 Å². The Morgan fingerprint density at radius 3 is 2.86 bits per heavy atom. The Labute approximate surface area is 172 Å². The van der Waals surface area contributed by atoms with Gasteiger partial charge in [-0.1, -0.05) is 29.4 Å². The van der Waals surface area contributed by atoms with Crippen molar-refractivity contribution in [1.82, 2.24) is 10.2 Å². The van der Waals surface area contributed by atoms with Gasteiger partial charge in [0, 0.05) is 35.1 Å². The van der Waals surface area contributed by atoms with Crippen molar-refractivity contribution in [2.24, 2.45) is 0 Å². The molecule has 0 fully saturated rings. The minimum atomic E-state index is -0.114. The fraction of sp³-hybridized carbons (Fsp3) is 0.250. The molecule has 0 radical (unpaired) electrons. The highest BCUT2D eigenvalue weighted by Gasteiger charge is 2.18. The van der Waals surface area contributed by atoms with E-state index in [0.29, 0.717) is 16.1 Å². The Balaban J connectivity index is 1.35. The van der Waals surface area contributed by atoms with E-state index < -0.39 is 0 Å². The molecule has 2 aromatic carbocycles. The van der Waals surface area contributed by atoms with Crippen molar-refractivity contribution in [3.05, 3.63) is 53.1 Å². The second-order valence-electron chi connectivity index (χ2n) is 6.39. The number of carbonyl (C=O) groups excluding carboxylic acids is 1. The summed E-state index contributed by atoms with van der Waals surface area (Å²) in [6, 6.07) is 13.2. The van der Waals surface area contributed by atoms with Crippen molar-refractivity contribution in [2.45, 2.75) is 18.6 Å². The molecule has 1 N–H and O–H groups in total. The van der Waals surface area contributed by atoms with E-state index in [9.17, 15) is 4.79 Å². The van der Waals surface area contributed by atoms with Crippen LogP contribution in [0.2, 0.25) is 5.02 Å². The molecule has 0 bridgehead atoms. The fourth-order valence-electron chi connectivity index (χ4n) is 3.15. The molecule has 0 atom stereocenters. The van der Waals surface area contributed by atoms with E-state index in [0.717, 1.165) is 30.8 Å². The first-order valence-corrected chi connectivity index (χ1v) is 10.4. The van der Waals surface area contributed by atoms with Crippen LogP contribution in [0.3, 0.4) is 0 Å². The molecule has 0 saturated carbocycles. The molecule has 1 aliphatic rings. The fourth-order valence-corrected chi connectivity index (χ4v) is 3.84. The lowest BCUT2D eigenvalue weighted by atomic mass is 10.1. The van der Waals surface area contributed by atoms with Crippen molar-refractivity contribution in [1.29, 1.82) is 0 Å². The lowest BCUT2D eigenvalue weighted by molar-refractivity contribution is -0.113. The molecule has 6 nitrogen and oxygen atoms in total. The lowest BCUT2D eigenvalue weighted by Gasteiger charge is -2.17. The molecule has 0 spiro atoms. The van der Waals surface area contributed by atoms with E-state index in [1.54, 1.807) is 12.1 Å². The first-order chi connectivity index (χ1) is 13.6. The molecule has 1 aromatic heterocycles. The van der Waals surface area contributed by atoms with Gasteiger partial charge in [-0.15, -0.1) is 10.2 Å². The Morgan fingerprint density at radius 1 is 1.25 bits per heavy atom. The number of amides is 1. The first-order valence-electron chi connectivity index (χ1n) is 9.02. The predicted molar refractivity (Wildman–Crippen MR) is 112 cm³/mol. The number of nitrogens with zero attached hydrogens (tertiary/aromatic N) is 3. The predicted octanol–water partition coefficient (Wildman–Crippen LogP) is 4.50. The number of carbonyl (C=O) groups is 1. The number of thioether (sulfide) groups is 1. The van der Waals surface area contributed by atoms with Gasteiger partial charge in [0.05, 0.1) is 5.75 Å². The molecule has 28 heavy (non-hydrogen) atoms. The van der Waals surface area contributed by atoms with E-state index in [2.05, 4.69) is 33.4 Å². The highest BCUT2D eigenvalue weighted by molar-refractivity contribution is 7.99. The molecule has 3 aromatic rings. The van der Waals surface area contributed by atoms with Gasteiger partial charge in [0.1, 0.15) is 0 Å². The number of hydrogen-bond acceptors (Lipinski definition) is 6. The monoisotopic (exact) mass is 414 g/mol. The summed E-state index contributed by atoms with van der Waals surface area (Å²) in [7, 11) is 0. The van der Waals surface area contributed by atoms with Gasteiger partial charge in [-0.25, -0.2) is 0 Å². The van der Waals surface area contributed by atoms with Gasteiger partial charge in [-0.3, -0.25) is 4.79 Å². The van der Waals surface area contributed by atoms with Crippen LogP contribution < -0.4 is 10.2 Å². The second-order valence-corrected chi connectivity index (χ2v) is 7.75. The number of aromatic nitrogens is 2. The summed E-state index contributed by atoms with van der Waals surface area (Å²) in [5, 5.41) is 11.9. The number of anilines is 2. The number of hydrogen-bond donors (Lipinski definition) is 1. The van der Waals surface area contributed by atoms with E-state index in [1.165, 1.54) is 23.0 Å². The number of likely N-dealkylation sites (N-methyl/N-ethyl adjacent to an activating group) is 1. The Bertz CT molecular complexity index is 990. The van der Waals surface area contributed by atoms with Gasteiger partial charge in [0.25, 0.3) is 5.22 Å². The molecule has 1 amide bonds. The van der Waals surface area contributed by atoms with Crippen LogP contribution in [0, 0.1) is 0 Å². The average Bonchev–Trinajstić information content (AvgIpc) is 3.33. The summed E-state index contributed by atoms with van der Waals surface area (Å²) in [5.74, 6) is 0.478. The molecule has 8 heteroatoms. The van der Waals surface area contributed by atoms with Gasteiger partial charge in [-0.2, -0.15) is 0 Å². The molecular weight excluding hydrogens is 396 g/mol. The smallest absolute Gasteiger partial charge is 0.277 e. The highest BCUT2D eigenvalue weighted by Crippen LogP contribution is 2.31. The second kappa shape index (κ2) is 8.24. The summed E-state index contributed by atoms with van der Waals surface area (Å²) in [5.41, 5.74) is 4.12. The Hall–Kier alpha value is -2.51. The van der Waals surface area contributed by atoms with E-state index >= 15 is 0 Å². The number of halogens is 1. The largest absolute Gasteiger partial charge is 0.411 e. The van der Waals surface area contributed by atoms with Gasteiger partial charge in [-0.05, 0) is 55.3 Å². The molecule has 0 unspecified atom stereocenters. The molecule has 1 aliphatic heterocycles. The lowest BCUT2D eigenvalue weighted by Crippen LogP contribution is -2.19. The van der Waals surface area contributed by atoms with Gasteiger partial charge < -0.3 is 14.6 Å². The molecular formula is C20H19ClN4O2S. The molecule has 144 valence electrons. The number of fused-ring (bicyclic) bond motifs is 1. The highest BCUT2D eigenvalue weighted by atomic mass is 35.5. The van der Waals surface area contributed by atoms with Crippen molar-refractivity contribution in [3.63, 3.8) is 0 Å². The quantitative estimate of drug-likeness (QED) is 0.598. The third kappa shape index (κ3) is 4.15. The zero-order valence-corrected chi connectivity index (χ0v) is 16.9. The summed E-state index contributed by atoms with van der Waals surface area (Å²) in [4.78, 5) is 14.6. The molecule has 4 rings (SSSR count). The average molecular weight is 415 g/mol. The molecule has 0 aliphatic carbocycles. The summed E-state index contributed by atoms with van der Waals surface area (Å²) < 4.78 is 5.61. The van der Waals surface area contributed by atoms with Crippen LogP contribution in [-0.4, -0.2) is 34.9 Å². The first kappa shape index (κ1) is 18.8. The minimum Gasteiger partial charge on any atom is -0.411 e. The third-order valence-electron chi connectivity index (χ3n) is 4.57. The zero-order valence-electron chi connectivity index (χ0n) is 15.3. The van der Waals surface area contributed by atoms with Crippen molar-refractivity contribution >= 4 is 40.6 Å². The summed E-state index contributed by atoms with van der Waals surface area (Å²) in [6.45, 7) is 4.14. The Morgan fingerprint density at radius 2 is 2.07 bits per heavy atom. The van der Waals surface area contributed by atoms with Crippen molar-refractivity contribution < 1.29 is 9.21 Å². The molecule has 2 heterocycles.